The van der Waals surface area contributed by atoms with Crippen molar-refractivity contribution >= 4 is 21.6 Å². The fourth-order valence-corrected chi connectivity index (χ4v) is 5.33. The Morgan fingerprint density at radius 3 is 2.68 bits per heavy atom. The van der Waals surface area contributed by atoms with E-state index in [0.717, 1.165) is 30.8 Å². The lowest BCUT2D eigenvalue weighted by Crippen LogP contribution is -2.39. The van der Waals surface area contributed by atoms with Crippen LogP contribution in [-0.4, -0.2) is 34.2 Å². The first kappa shape index (κ1) is 21.8. The lowest BCUT2D eigenvalue weighted by molar-refractivity contribution is 0.302. The lowest BCUT2D eigenvalue weighted by atomic mass is 9.91. The van der Waals surface area contributed by atoms with Crippen molar-refractivity contribution in [2.24, 2.45) is 0 Å². The number of nitrogens with one attached hydrogen (secondary N) is 1. The molecule has 1 N–H and O–H groups in total. The van der Waals surface area contributed by atoms with Crippen LogP contribution in [0.5, 0.6) is 0 Å². The van der Waals surface area contributed by atoms with Crippen LogP contribution in [0.3, 0.4) is 0 Å². The van der Waals surface area contributed by atoms with Gasteiger partial charge in [-0.05, 0) is 50.8 Å². The zero-order valence-electron chi connectivity index (χ0n) is 16.6. The molecule has 3 aromatic rings. The molecule has 1 aromatic carbocycles. The Morgan fingerprint density at radius 2 is 2.00 bits per heavy atom. The van der Waals surface area contributed by atoms with E-state index in [1.54, 1.807) is 6.33 Å². The number of hydrogen-bond acceptors (Lipinski definition) is 5. The molecule has 0 bridgehead atoms. The number of rotatable bonds is 5. The average molecular weight is 468 g/mol. The molecule has 1 aliphatic rings. The molecule has 7 nitrogen and oxygen atoms in total. The number of nitrogens with zero attached hydrogens (tertiary/aromatic N) is 4. The van der Waals surface area contributed by atoms with Crippen molar-refractivity contribution in [1.29, 1.82) is 0 Å². The molecule has 4 rings (SSSR count). The maximum Gasteiger partial charge on any atom is 0.240 e. The Labute approximate surface area is 183 Å². The summed E-state index contributed by atoms with van der Waals surface area (Å²) in [6.07, 6.45) is 5.91. The number of sulfonamides is 1. The number of hydrogen-bond donors (Lipinski definition) is 1. The molecule has 2 atom stereocenters. The van der Waals surface area contributed by atoms with Crippen LogP contribution in [0.4, 0.5) is 8.78 Å². The van der Waals surface area contributed by atoms with Crippen molar-refractivity contribution in [1.82, 2.24) is 24.5 Å². The van der Waals surface area contributed by atoms with Gasteiger partial charge in [-0.3, -0.25) is 0 Å². The molecule has 1 aliphatic carbocycles. The van der Waals surface area contributed by atoms with E-state index in [9.17, 15) is 17.2 Å². The molecular weight excluding hydrogens is 448 g/mol. The van der Waals surface area contributed by atoms with Gasteiger partial charge >= 0.3 is 0 Å². The largest absolute Gasteiger partial charge is 0.315 e. The second-order valence-corrected chi connectivity index (χ2v) is 9.63. The van der Waals surface area contributed by atoms with Crippen molar-refractivity contribution in [3.63, 3.8) is 0 Å². The normalized spacial score (nSPS) is 19.5. The number of aryl methyl sites for hydroxylation is 1. The van der Waals surface area contributed by atoms with Crippen molar-refractivity contribution in [3.05, 3.63) is 59.4 Å². The number of aromatic nitrogens is 4. The lowest BCUT2D eigenvalue weighted by Gasteiger charge is -2.30. The van der Waals surface area contributed by atoms with Crippen LogP contribution in [0, 0.1) is 18.6 Å². The van der Waals surface area contributed by atoms with Crippen LogP contribution in [0.1, 0.15) is 37.5 Å². The quantitative estimate of drug-likeness (QED) is 0.572. The predicted octanol–water partition coefficient (Wildman–Crippen LogP) is 4.04. The van der Waals surface area contributed by atoms with Gasteiger partial charge in [0.1, 0.15) is 18.0 Å². The topological polar surface area (TPSA) is 89.8 Å². The molecule has 2 heterocycles. The summed E-state index contributed by atoms with van der Waals surface area (Å²) in [5, 5.41) is 7.56. The highest BCUT2D eigenvalue weighted by Crippen LogP contribution is 2.31. The highest BCUT2D eigenvalue weighted by Gasteiger charge is 2.28. The minimum atomic E-state index is -3.94. The summed E-state index contributed by atoms with van der Waals surface area (Å²) in [6.45, 7) is 1.85. The fourth-order valence-electron chi connectivity index (χ4n) is 3.94. The van der Waals surface area contributed by atoms with E-state index in [1.807, 2.05) is 11.5 Å². The maximum absolute atomic E-state index is 14.7. The van der Waals surface area contributed by atoms with Crippen LogP contribution in [0.25, 0.3) is 11.1 Å². The fraction of sp³-hybridized carbons (Fsp3) is 0.350. The van der Waals surface area contributed by atoms with E-state index in [-0.39, 0.29) is 33.3 Å². The molecule has 11 heteroatoms. The zero-order chi connectivity index (χ0) is 22.2. The van der Waals surface area contributed by atoms with Gasteiger partial charge in [0.15, 0.2) is 11.0 Å². The minimum Gasteiger partial charge on any atom is -0.315 e. The zero-order valence-corrected chi connectivity index (χ0v) is 18.2. The molecule has 0 unspecified atom stereocenters. The Kier molecular flexibility index (Phi) is 6.05. The Morgan fingerprint density at radius 1 is 1.19 bits per heavy atom. The number of benzene rings is 1. The summed E-state index contributed by atoms with van der Waals surface area (Å²) >= 11 is 5.56. The monoisotopic (exact) mass is 467 g/mol. The molecule has 0 radical (unpaired) electrons. The van der Waals surface area contributed by atoms with Crippen LogP contribution in [-0.2, 0) is 10.0 Å². The van der Waals surface area contributed by atoms with Gasteiger partial charge in [0, 0.05) is 29.4 Å². The van der Waals surface area contributed by atoms with Crippen molar-refractivity contribution < 1.29 is 17.2 Å². The van der Waals surface area contributed by atoms with Gasteiger partial charge in [0.2, 0.25) is 10.0 Å². The van der Waals surface area contributed by atoms with E-state index >= 15 is 0 Å². The molecule has 1 fully saturated rings. The molecule has 164 valence electrons. The van der Waals surface area contributed by atoms with Gasteiger partial charge in [0.05, 0.1) is 4.90 Å². The highest BCUT2D eigenvalue weighted by atomic mass is 35.5. The predicted molar refractivity (Wildman–Crippen MR) is 111 cm³/mol. The second-order valence-electron chi connectivity index (χ2n) is 7.56. The van der Waals surface area contributed by atoms with Crippen LogP contribution in [0.2, 0.25) is 5.15 Å². The molecule has 0 aliphatic heterocycles. The summed E-state index contributed by atoms with van der Waals surface area (Å²) in [7, 11) is -3.94. The number of pyridine rings is 1. The molecule has 2 aromatic heterocycles. The first-order valence-electron chi connectivity index (χ1n) is 9.74. The van der Waals surface area contributed by atoms with Crippen LogP contribution >= 0.6 is 11.6 Å². The van der Waals surface area contributed by atoms with Gasteiger partial charge in [-0.25, -0.2) is 26.9 Å². The van der Waals surface area contributed by atoms with Crippen LogP contribution in [0.15, 0.2) is 41.7 Å². The SMILES string of the molecule is Cc1nncn1[C@@H]1CCC[C@H](NS(=O)(=O)c2ccc(-c3cnc(Cl)c(F)c3)c(F)c2)C1. The summed E-state index contributed by atoms with van der Waals surface area (Å²) in [6, 6.07) is 4.37. The second kappa shape index (κ2) is 8.60. The van der Waals surface area contributed by atoms with Gasteiger partial charge < -0.3 is 4.57 Å². The maximum atomic E-state index is 14.7. The third kappa shape index (κ3) is 4.60. The van der Waals surface area contributed by atoms with E-state index in [0.29, 0.717) is 12.8 Å². The molecule has 0 amide bonds. The molecule has 0 spiro atoms. The molecule has 31 heavy (non-hydrogen) atoms. The molecule has 1 saturated carbocycles. The van der Waals surface area contributed by atoms with Crippen molar-refractivity contribution in [2.45, 2.75) is 49.6 Å². The van der Waals surface area contributed by atoms with Gasteiger partial charge in [-0.2, -0.15) is 0 Å². The van der Waals surface area contributed by atoms with Gasteiger partial charge in [-0.1, -0.05) is 17.7 Å². The van der Waals surface area contributed by atoms with Crippen LogP contribution < -0.4 is 4.72 Å². The van der Waals surface area contributed by atoms with E-state index in [2.05, 4.69) is 19.9 Å². The average Bonchev–Trinajstić information content (AvgIpc) is 3.16. The third-order valence-electron chi connectivity index (χ3n) is 5.47. The van der Waals surface area contributed by atoms with Gasteiger partial charge in [-0.15, -0.1) is 10.2 Å². The van der Waals surface area contributed by atoms with Crippen molar-refractivity contribution in [2.75, 3.05) is 0 Å². The number of halogens is 3. The Hall–Kier alpha value is -2.43. The Bertz CT molecular complexity index is 1220. The van der Waals surface area contributed by atoms with Crippen molar-refractivity contribution in [3.8, 4) is 11.1 Å². The van der Waals surface area contributed by atoms with E-state index in [1.165, 1.54) is 18.3 Å². The summed E-state index contributed by atoms with van der Waals surface area (Å²) in [5.74, 6) is -0.806. The summed E-state index contributed by atoms with van der Waals surface area (Å²) in [4.78, 5) is 3.47. The Balaban J connectivity index is 1.52. The molecule has 0 saturated heterocycles. The minimum absolute atomic E-state index is 0.0304. The van der Waals surface area contributed by atoms with E-state index < -0.39 is 21.7 Å². The first-order chi connectivity index (χ1) is 14.7. The standard InChI is InChI=1S/C20H20ClF2N5O2S/c1-12-26-25-11-28(12)15-4-2-3-14(8-15)27-31(29,30)16-5-6-17(18(22)9-16)13-7-19(23)20(21)24-10-13/h5-7,9-11,14-15,27H,2-4,8H2,1H3/t14-,15+/m0/s1. The smallest absolute Gasteiger partial charge is 0.240 e. The molecular formula is C20H20ClF2N5O2S. The summed E-state index contributed by atoms with van der Waals surface area (Å²) < 4.78 is 58.7. The summed E-state index contributed by atoms with van der Waals surface area (Å²) in [5.41, 5.74) is 0.193. The highest BCUT2D eigenvalue weighted by molar-refractivity contribution is 7.89. The first-order valence-corrected chi connectivity index (χ1v) is 11.6. The van der Waals surface area contributed by atoms with E-state index in [4.69, 9.17) is 11.6 Å². The van der Waals surface area contributed by atoms with Gasteiger partial charge in [0.25, 0.3) is 0 Å². The third-order valence-corrected chi connectivity index (χ3v) is 7.27.